The lowest BCUT2D eigenvalue weighted by Gasteiger charge is -2.08. The molecule has 2 heteroatoms. The zero-order valence-corrected chi connectivity index (χ0v) is 11.5. The Kier molecular flexibility index (Phi) is 7.78. The summed E-state index contributed by atoms with van der Waals surface area (Å²) in [5.74, 6) is 1.73. The molecule has 17 heavy (non-hydrogen) atoms. The average Bonchev–Trinajstić information content (AvgIpc) is 2.86. The van der Waals surface area contributed by atoms with Crippen molar-refractivity contribution in [2.45, 2.75) is 77.6 Å². The van der Waals surface area contributed by atoms with Gasteiger partial charge in [0.2, 0.25) is 0 Å². The summed E-state index contributed by atoms with van der Waals surface area (Å²) >= 11 is 0. The van der Waals surface area contributed by atoms with E-state index in [1.807, 2.05) is 12.4 Å². The monoisotopic (exact) mass is 236 g/mol. The van der Waals surface area contributed by atoms with Crippen molar-refractivity contribution < 1.29 is 0 Å². The minimum atomic E-state index is 0.588. The molecule has 0 radical (unpaired) electrons. The van der Waals surface area contributed by atoms with Gasteiger partial charge in [0.1, 0.15) is 5.82 Å². The summed E-state index contributed by atoms with van der Waals surface area (Å²) in [5, 5.41) is 0. The van der Waals surface area contributed by atoms with E-state index < -0.39 is 0 Å². The SMILES string of the molecule is CCCCCCCCCCC(C)c1ncc[nH]1. The molecular formula is C15H28N2. The molecule has 1 atom stereocenters. The van der Waals surface area contributed by atoms with Crippen molar-refractivity contribution in [3.63, 3.8) is 0 Å². The van der Waals surface area contributed by atoms with Crippen LogP contribution < -0.4 is 0 Å². The van der Waals surface area contributed by atoms with Gasteiger partial charge in [0.15, 0.2) is 0 Å². The van der Waals surface area contributed by atoms with Gasteiger partial charge >= 0.3 is 0 Å². The zero-order valence-electron chi connectivity index (χ0n) is 11.5. The number of hydrogen-bond acceptors (Lipinski definition) is 1. The van der Waals surface area contributed by atoms with Crippen molar-refractivity contribution in [1.29, 1.82) is 0 Å². The van der Waals surface area contributed by atoms with Gasteiger partial charge in [0, 0.05) is 18.3 Å². The van der Waals surface area contributed by atoms with Crippen molar-refractivity contribution in [2.24, 2.45) is 0 Å². The lowest BCUT2D eigenvalue weighted by Crippen LogP contribution is -1.96. The minimum Gasteiger partial charge on any atom is -0.348 e. The van der Waals surface area contributed by atoms with Gasteiger partial charge < -0.3 is 4.98 Å². The summed E-state index contributed by atoms with van der Waals surface area (Å²) in [7, 11) is 0. The Bertz CT molecular complexity index is 254. The molecular weight excluding hydrogens is 208 g/mol. The largest absolute Gasteiger partial charge is 0.348 e. The van der Waals surface area contributed by atoms with Crippen LogP contribution in [0.15, 0.2) is 12.4 Å². The van der Waals surface area contributed by atoms with Gasteiger partial charge in [-0.2, -0.15) is 0 Å². The van der Waals surface area contributed by atoms with E-state index in [0.717, 1.165) is 5.82 Å². The fraction of sp³-hybridized carbons (Fsp3) is 0.800. The molecule has 1 heterocycles. The van der Waals surface area contributed by atoms with E-state index in [1.165, 1.54) is 57.8 Å². The fourth-order valence-corrected chi connectivity index (χ4v) is 2.27. The highest BCUT2D eigenvalue weighted by atomic mass is 14.9. The first-order valence-electron chi connectivity index (χ1n) is 7.34. The van der Waals surface area contributed by atoms with Crippen molar-refractivity contribution in [1.82, 2.24) is 9.97 Å². The number of hydrogen-bond donors (Lipinski definition) is 1. The molecule has 1 N–H and O–H groups in total. The lowest BCUT2D eigenvalue weighted by atomic mass is 10.0. The van der Waals surface area contributed by atoms with Crippen molar-refractivity contribution in [3.05, 3.63) is 18.2 Å². The fourth-order valence-electron chi connectivity index (χ4n) is 2.27. The van der Waals surface area contributed by atoms with Gasteiger partial charge in [-0.15, -0.1) is 0 Å². The zero-order chi connectivity index (χ0) is 12.3. The predicted octanol–water partition coefficient (Wildman–Crippen LogP) is 5.04. The van der Waals surface area contributed by atoms with Crippen LogP contribution in [0.2, 0.25) is 0 Å². The summed E-state index contributed by atoms with van der Waals surface area (Å²) in [6, 6.07) is 0. The van der Waals surface area contributed by atoms with Crippen LogP contribution in [0.1, 0.15) is 83.4 Å². The van der Waals surface area contributed by atoms with Crippen LogP contribution in [-0.4, -0.2) is 9.97 Å². The van der Waals surface area contributed by atoms with Gasteiger partial charge in [-0.25, -0.2) is 4.98 Å². The molecule has 2 nitrogen and oxygen atoms in total. The van der Waals surface area contributed by atoms with E-state index >= 15 is 0 Å². The Labute approximate surface area is 106 Å². The van der Waals surface area contributed by atoms with Crippen LogP contribution in [0.3, 0.4) is 0 Å². The van der Waals surface area contributed by atoms with E-state index in [2.05, 4.69) is 23.8 Å². The molecule has 0 aliphatic rings. The second-order valence-electron chi connectivity index (χ2n) is 5.14. The maximum atomic E-state index is 4.31. The quantitative estimate of drug-likeness (QED) is 0.566. The number of nitrogens with zero attached hydrogens (tertiary/aromatic N) is 1. The molecule has 0 saturated carbocycles. The molecule has 0 aliphatic heterocycles. The summed E-state index contributed by atoms with van der Waals surface area (Å²) in [6.07, 6.45) is 16.2. The predicted molar refractivity (Wildman–Crippen MR) is 74.2 cm³/mol. The van der Waals surface area contributed by atoms with Gasteiger partial charge in [-0.05, 0) is 6.42 Å². The number of rotatable bonds is 10. The molecule has 98 valence electrons. The minimum absolute atomic E-state index is 0.588. The molecule has 1 aromatic rings. The number of unbranched alkanes of at least 4 members (excludes halogenated alkanes) is 7. The van der Waals surface area contributed by atoms with Crippen LogP contribution in [0.25, 0.3) is 0 Å². The molecule has 0 aromatic carbocycles. The summed E-state index contributed by atoms with van der Waals surface area (Å²) in [4.78, 5) is 7.51. The summed E-state index contributed by atoms with van der Waals surface area (Å²) in [6.45, 7) is 4.54. The van der Waals surface area contributed by atoms with Gasteiger partial charge in [0.25, 0.3) is 0 Å². The highest BCUT2D eigenvalue weighted by molar-refractivity contribution is 4.94. The number of aromatic amines is 1. The Hall–Kier alpha value is -0.790. The number of aromatic nitrogens is 2. The van der Waals surface area contributed by atoms with Crippen molar-refractivity contribution in [3.8, 4) is 0 Å². The van der Waals surface area contributed by atoms with E-state index in [1.54, 1.807) is 0 Å². The van der Waals surface area contributed by atoms with Crippen LogP contribution in [0.5, 0.6) is 0 Å². The molecule has 1 unspecified atom stereocenters. The maximum Gasteiger partial charge on any atom is 0.108 e. The first kappa shape index (κ1) is 14.3. The van der Waals surface area contributed by atoms with Crippen LogP contribution in [-0.2, 0) is 0 Å². The summed E-state index contributed by atoms with van der Waals surface area (Å²) < 4.78 is 0. The highest BCUT2D eigenvalue weighted by Gasteiger charge is 2.06. The molecule has 1 rings (SSSR count). The van der Waals surface area contributed by atoms with Gasteiger partial charge in [-0.3, -0.25) is 0 Å². The molecule has 0 bridgehead atoms. The highest BCUT2D eigenvalue weighted by Crippen LogP contribution is 2.19. The first-order valence-corrected chi connectivity index (χ1v) is 7.34. The molecule has 0 amide bonds. The molecule has 0 aliphatic carbocycles. The topological polar surface area (TPSA) is 28.7 Å². The molecule has 1 aromatic heterocycles. The second kappa shape index (κ2) is 9.26. The maximum absolute atomic E-state index is 4.31. The van der Waals surface area contributed by atoms with Crippen LogP contribution >= 0.6 is 0 Å². The Morgan fingerprint density at radius 1 is 1.06 bits per heavy atom. The standard InChI is InChI=1S/C15H28N2/c1-3-4-5-6-7-8-9-10-11-14(2)15-16-12-13-17-15/h12-14H,3-11H2,1-2H3,(H,16,17). The normalized spacial score (nSPS) is 12.8. The van der Waals surface area contributed by atoms with Crippen molar-refractivity contribution in [2.75, 3.05) is 0 Å². The summed E-state index contributed by atoms with van der Waals surface area (Å²) in [5.41, 5.74) is 0. The van der Waals surface area contributed by atoms with Crippen LogP contribution in [0, 0.1) is 0 Å². The Morgan fingerprint density at radius 2 is 1.71 bits per heavy atom. The lowest BCUT2D eigenvalue weighted by molar-refractivity contribution is 0.536. The third-order valence-electron chi connectivity index (χ3n) is 3.48. The van der Waals surface area contributed by atoms with E-state index in [9.17, 15) is 0 Å². The van der Waals surface area contributed by atoms with E-state index in [-0.39, 0.29) is 0 Å². The average molecular weight is 236 g/mol. The third kappa shape index (κ3) is 6.50. The van der Waals surface area contributed by atoms with Crippen LogP contribution in [0.4, 0.5) is 0 Å². The van der Waals surface area contributed by atoms with E-state index in [4.69, 9.17) is 0 Å². The third-order valence-corrected chi connectivity index (χ3v) is 3.48. The number of imidazole rings is 1. The van der Waals surface area contributed by atoms with Crippen molar-refractivity contribution >= 4 is 0 Å². The second-order valence-corrected chi connectivity index (χ2v) is 5.14. The molecule has 0 saturated heterocycles. The van der Waals surface area contributed by atoms with E-state index in [0.29, 0.717) is 5.92 Å². The smallest absolute Gasteiger partial charge is 0.108 e. The molecule has 0 fully saturated rings. The number of H-pyrrole nitrogens is 1. The first-order chi connectivity index (χ1) is 8.34. The van der Waals surface area contributed by atoms with Gasteiger partial charge in [0.05, 0.1) is 0 Å². The van der Waals surface area contributed by atoms with Gasteiger partial charge in [-0.1, -0.05) is 65.2 Å². The number of nitrogens with one attached hydrogen (secondary N) is 1. The molecule has 0 spiro atoms. The Balaban J connectivity index is 1.90. The Morgan fingerprint density at radius 3 is 2.29 bits per heavy atom.